The Kier molecular flexibility index (Phi) is 3.22. The van der Waals surface area contributed by atoms with E-state index in [1.54, 1.807) is 6.92 Å². The van der Waals surface area contributed by atoms with Crippen LogP contribution in [0.15, 0.2) is 6.20 Å². The normalized spacial score (nSPS) is 13.7. The Balaban J connectivity index is 3.03. The second kappa shape index (κ2) is 4.02. The van der Waals surface area contributed by atoms with Gasteiger partial charge >= 0.3 is 0 Å². The monoisotopic (exact) mass is 209 g/mol. The molecule has 0 saturated heterocycles. The fourth-order valence-corrected chi connectivity index (χ4v) is 1.34. The Hall–Kier alpha value is -0.680. The number of hydrogen-bond donors (Lipinski definition) is 1. The van der Waals surface area contributed by atoms with Crippen LogP contribution in [0.4, 0.5) is 8.78 Å². The first-order chi connectivity index (χ1) is 6.07. The van der Waals surface area contributed by atoms with Crippen LogP contribution in [0.1, 0.15) is 18.7 Å². The average molecular weight is 210 g/mol. The smallest absolute Gasteiger partial charge is 0.259 e. The van der Waals surface area contributed by atoms with Crippen LogP contribution < -0.4 is 5.73 Å². The van der Waals surface area contributed by atoms with Gasteiger partial charge in [-0.3, -0.25) is 4.68 Å². The van der Waals surface area contributed by atoms with Crippen LogP contribution in [0.3, 0.4) is 0 Å². The maximum atomic E-state index is 12.3. The number of nitrogens with zero attached hydrogens (tertiary/aromatic N) is 2. The third kappa shape index (κ3) is 1.97. The molecule has 74 valence electrons. The van der Waals surface area contributed by atoms with Crippen molar-refractivity contribution < 1.29 is 8.78 Å². The molecule has 0 fully saturated rings. The van der Waals surface area contributed by atoms with Crippen molar-refractivity contribution in [1.29, 1.82) is 0 Å². The molecule has 1 aromatic heterocycles. The number of halogens is 3. The molecule has 0 aliphatic heterocycles. The Morgan fingerprint density at radius 1 is 1.69 bits per heavy atom. The minimum absolute atomic E-state index is 0.189. The lowest BCUT2D eigenvalue weighted by Crippen LogP contribution is -2.23. The average Bonchev–Trinajstić information content (AvgIpc) is 2.45. The van der Waals surface area contributed by atoms with Crippen molar-refractivity contribution >= 4 is 11.6 Å². The van der Waals surface area contributed by atoms with E-state index in [1.165, 1.54) is 10.9 Å². The number of rotatable bonds is 3. The van der Waals surface area contributed by atoms with Crippen molar-refractivity contribution in [2.45, 2.75) is 25.9 Å². The van der Waals surface area contributed by atoms with Crippen molar-refractivity contribution in [2.24, 2.45) is 5.73 Å². The lowest BCUT2D eigenvalue weighted by molar-refractivity contribution is 0.112. The van der Waals surface area contributed by atoms with Crippen LogP contribution in [0, 0.1) is 0 Å². The highest BCUT2D eigenvalue weighted by Crippen LogP contribution is 2.25. The molecule has 1 unspecified atom stereocenters. The summed E-state index contributed by atoms with van der Waals surface area (Å²) in [5, 5.41) is 4.00. The first kappa shape index (κ1) is 10.4. The molecule has 1 atom stereocenters. The van der Waals surface area contributed by atoms with E-state index in [2.05, 4.69) is 5.10 Å². The van der Waals surface area contributed by atoms with Gasteiger partial charge in [0.15, 0.2) is 0 Å². The summed E-state index contributed by atoms with van der Waals surface area (Å²) in [5.74, 6) is 0. The molecule has 0 aliphatic rings. The number of nitrogens with two attached hydrogens (primary N) is 1. The van der Waals surface area contributed by atoms with Crippen molar-refractivity contribution in [3.8, 4) is 0 Å². The Bertz CT molecular complexity index is 287. The molecule has 0 saturated carbocycles. The van der Waals surface area contributed by atoms with E-state index in [0.717, 1.165) is 0 Å². The van der Waals surface area contributed by atoms with Gasteiger partial charge in [-0.05, 0) is 6.92 Å². The molecule has 2 N–H and O–H groups in total. The Morgan fingerprint density at radius 3 is 2.77 bits per heavy atom. The second-order valence-electron chi connectivity index (χ2n) is 2.55. The summed E-state index contributed by atoms with van der Waals surface area (Å²) in [4.78, 5) is 0. The maximum Gasteiger partial charge on any atom is 0.259 e. The number of alkyl halides is 2. The van der Waals surface area contributed by atoms with Gasteiger partial charge in [0.2, 0.25) is 0 Å². The summed E-state index contributed by atoms with van der Waals surface area (Å²) < 4.78 is 25.9. The molecular formula is C7H10ClF2N3. The molecule has 3 nitrogen and oxygen atoms in total. The topological polar surface area (TPSA) is 43.8 Å². The molecule has 0 aliphatic carbocycles. The SMILES string of the molecule is CCn1ncc(Cl)c1C(N)C(F)F. The van der Waals surface area contributed by atoms with Gasteiger partial charge in [-0.1, -0.05) is 11.6 Å². The summed E-state index contributed by atoms with van der Waals surface area (Å²) in [6.07, 6.45) is -1.30. The second-order valence-corrected chi connectivity index (χ2v) is 2.96. The standard InChI is InChI=1S/C7H10ClF2N3/c1-2-13-6(4(8)3-12-13)5(11)7(9)10/h3,5,7H,2,11H2,1H3. The van der Waals surface area contributed by atoms with E-state index < -0.39 is 12.5 Å². The summed E-state index contributed by atoms with van der Waals surface area (Å²) >= 11 is 5.67. The number of hydrogen-bond acceptors (Lipinski definition) is 2. The summed E-state index contributed by atoms with van der Waals surface area (Å²) in [6, 6.07) is -1.37. The lowest BCUT2D eigenvalue weighted by Gasteiger charge is -2.12. The molecule has 0 spiro atoms. The molecule has 1 heterocycles. The van der Waals surface area contributed by atoms with Gasteiger partial charge < -0.3 is 5.73 Å². The van der Waals surface area contributed by atoms with E-state index in [1.807, 2.05) is 0 Å². The van der Waals surface area contributed by atoms with Crippen LogP contribution in [-0.2, 0) is 6.54 Å². The molecular weight excluding hydrogens is 200 g/mol. The molecule has 0 aromatic carbocycles. The van der Waals surface area contributed by atoms with Crippen LogP contribution in [0.5, 0.6) is 0 Å². The van der Waals surface area contributed by atoms with E-state index in [0.29, 0.717) is 6.54 Å². The van der Waals surface area contributed by atoms with Crippen LogP contribution in [0.2, 0.25) is 5.02 Å². The van der Waals surface area contributed by atoms with E-state index >= 15 is 0 Å². The maximum absolute atomic E-state index is 12.3. The van der Waals surface area contributed by atoms with Crippen LogP contribution in [0.25, 0.3) is 0 Å². The minimum atomic E-state index is -2.63. The van der Waals surface area contributed by atoms with Crippen LogP contribution >= 0.6 is 11.6 Å². The van der Waals surface area contributed by atoms with Gasteiger partial charge in [0.25, 0.3) is 6.43 Å². The van der Waals surface area contributed by atoms with E-state index in [-0.39, 0.29) is 10.7 Å². The van der Waals surface area contributed by atoms with Crippen molar-refractivity contribution in [3.63, 3.8) is 0 Å². The van der Waals surface area contributed by atoms with Gasteiger partial charge in [0.1, 0.15) is 6.04 Å². The zero-order valence-corrected chi connectivity index (χ0v) is 7.80. The molecule has 1 aromatic rings. The van der Waals surface area contributed by atoms with Gasteiger partial charge in [0, 0.05) is 6.54 Å². The van der Waals surface area contributed by atoms with Crippen molar-refractivity contribution in [3.05, 3.63) is 16.9 Å². The minimum Gasteiger partial charge on any atom is -0.318 e. The summed E-state index contributed by atoms with van der Waals surface area (Å²) in [7, 11) is 0. The first-order valence-corrected chi connectivity index (χ1v) is 4.20. The lowest BCUT2D eigenvalue weighted by atomic mass is 10.2. The predicted molar refractivity (Wildman–Crippen MR) is 45.8 cm³/mol. The fourth-order valence-electron chi connectivity index (χ4n) is 1.07. The molecule has 0 radical (unpaired) electrons. The van der Waals surface area contributed by atoms with Crippen molar-refractivity contribution in [2.75, 3.05) is 0 Å². The fraction of sp³-hybridized carbons (Fsp3) is 0.571. The largest absolute Gasteiger partial charge is 0.318 e. The third-order valence-electron chi connectivity index (χ3n) is 1.72. The first-order valence-electron chi connectivity index (χ1n) is 3.82. The third-order valence-corrected chi connectivity index (χ3v) is 2.01. The van der Waals surface area contributed by atoms with Crippen molar-refractivity contribution in [1.82, 2.24) is 9.78 Å². The van der Waals surface area contributed by atoms with Gasteiger partial charge in [-0.15, -0.1) is 0 Å². The summed E-state index contributed by atoms with van der Waals surface area (Å²) in [5.41, 5.74) is 5.46. The van der Waals surface area contributed by atoms with Gasteiger partial charge in [-0.2, -0.15) is 5.10 Å². The Labute approximate surface area is 79.5 Å². The zero-order valence-electron chi connectivity index (χ0n) is 7.04. The highest BCUT2D eigenvalue weighted by atomic mass is 35.5. The zero-order chi connectivity index (χ0) is 10.0. The number of aromatic nitrogens is 2. The Morgan fingerprint density at radius 2 is 2.31 bits per heavy atom. The predicted octanol–water partition coefficient (Wildman–Crippen LogP) is 1.82. The molecule has 13 heavy (non-hydrogen) atoms. The quantitative estimate of drug-likeness (QED) is 0.825. The highest BCUT2D eigenvalue weighted by molar-refractivity contribution is 6.31. The molecule has 1 rings (SSSR count). The highest BCUT2D eigenvalue weighted by Gasteiger charge is 2.24. The summed E-state index contributed by atoms with van der Waals surface area (Å²) in [6.45, 7) is 2.26. The van der Waals surface area contributed by atoms with Crippen LogP contribution in [-0.4, -0.2) is 16.2 Å². The molecule has 0 amide bonds. The molecule has 6 heteroatoms. The van der Waals surface area contributed by atoms with E-state index in [9.17, 15) is 8.78 Å². The van der Waals surface area contributed by atoms with Gasteiger partial charge in [-0.25, -0.2) is 8.78 Å². The van der Waals surface area contributed by atoms with Gasteiger partial charge in [0.05, 0.1) is 16.9 Å². The van der Waals surface area contributed by atoms with E-state index in [4.69, 9.17) is 17.3 Å². The molecule has 0 bridgehead atoms. The number of aryl methyl sites for hydroxylation is 1.